The molecule has 59 valence electrons. The molecule has 0 saturated heterocycles. The topological polar surface area (TPSA) is 9.23 Å². The van der Waals surface area contributed by atoms with Gasteiger partial charge in [0.2, 0.25) is 0 Å². The van der Waals surface area contributed by atoms with Gasteiger partial charge < -0.3 is 4.74 Å². The van der Waals surface area contributed by atoms with E-state index in [9.17, 15) is 0 Å². The highest BCUT2D eigenvalue weighted by atomic mass is 16.5. The molecule has 10 heavy (non-hydrogen) atoms. The van der Waals surface area contributed by atoms with E-state index in [2.05, 4.69) is 13.8 Å². The van der Waals surface area contributed by atoms with Crippen molar-refractivity contribution >= 4 is 0 Å². The van der Waals surface area contributed by atoms with Crippen LogP contribution in [0.25, 0.3) is 0 Å². The van der Waals surface area contributed by atoms with Crippen molar-refractivity contribution in [2.75, 3.05) is 0 Å². The van der Waals surface area contributed by atoms with Gasteiger partial charge in [0.15, 0.2) is 0 Å². The van der Waals surface area contributed by atoms with Gasteiger partial charge in [-0.1, -0.05) is 19.8 Å². The van der Waals surface area contributed by atoms with Gasteiger partial charge in [-0.25, -0.2) is 0 Å². The molecule has 1 aliphatic carbocycles. The van der Waals surface area contributed by atoms with Crippen LogP contribution in [0.4, 0.5) is 0 Å². The van der Waals surface area contributed by atoms with Crippen LogP contribution in [0.2, 0.25) is 0 Å². The highest BCUT2D eigenvalue weighted by molar-refractivity contribution is 4.75. The smallest absolute Gasteiger partial charge is 0.0941 e. The molecule has 0 N–H and O–H groups in total. The van der Waals surface area contributed by atoms with Crippen molar-refractivity contribution in [2.24, 2.45) is 0 Å². The van der Waals surface area contributed by atoms with E-state index in [4.69, 9.17) is 4.74 Å². The summed E-state index contributed by atoms with van der Waals surface area (Å²) in [5.74, 6) is 0. The Kier molecular flexibility index (Phi) is 3.20. The normalized spacial score (nSPS) is 20.7. The van der Waals surface area contributed by atoms with Gasteiger partial charge in [-0.3, -0.25) is 0 Å². The molecule has 0 aromatic rings. The molecule has 0 unspecified atom stereocenters. The van der Waals surface area contributed by atoms with Gasteiger partial charge in [0.1, 0.15) is 0 Å². The van der Waals surface area contributed by atoms with E-state index in [1.807, 2.05) is 0 Å². The van der Waals surface area contributed by atoms with Crippen LogP contribution in [0.15, 0.2) is 0 Å². The second-order valence-electron chi connectivity index (χ2n) is 3.08. The molecule has 1 heteroatoms. The molecule has 0 amide bonds. The van der Waals surface area contributed by atoms with Crippen molar-refractivity contribution in [2.45, 2.75) is 52.1 Å². The number of rotatable bonds is 3. The molecule has 0 atom stereocenters. The lowest BCUT2D eigenvalue weighted by Crippen LogP contribution is -2.09. The maximum Gasteiger partial charge on any atom is 0.0941 e. The summed E-state index contributed by atoms with van der Waals surface area (Å²) in [6.45, 7) is 4.22. The number of hydrogen-bond acceptors (Lipinski definition) is 1. The van der Waals surface area contributed by atoms with Crippen LogP contribution < -0.4 is 0 Å². The predicted molar refractivity (Wildman–Crippen MR) is 42.5 cm³/mol. The molecule has 1 saturated carbocycles. The summed E-state index contributed by atoms with van der Waals surface area (Å²) in [6.07, 6.45) is 8.10. The average Bonchev–Trinajstić information content (AvgIpc) is 2.40. The zero-order valence-electron chi connectivity index (χ0n) is 7.02. The van der Waals surface area contributed by atoms with Gasteiger partial charge in [-0.2, -0.15) is 0 Å². The minimum atomic E-state index is 0.556. The zero-order valence-corrected chi connectivity index (χ0v) is 7.02. The third-order valence-electron chi connectivity index (χ3n) is 2.17. The minimum Gasteiger partial charge on any atom is -0.369 e. The Bertz CT molecular complexity index is 84.7. The molecule has 1 nitrogen and oxygen atoms in total. The maximum atomic E-state index is 5.68. The monoisotopic (exact) mass is 141 g/mol. The molecule has 1 rings (SSSR count). The summed E-state index contributed by atoms with van der Waals surface area (Å²) < 4.78 is 5.68. The Morgan fingerprint density at radius 2 is 2.00 bits per heavy atom. The van der Waals surface area contributed by atoms with Crippen LogP contribution in [0.1, 0.15) is 46.0 Å². The third-order valence-corrected chi connectivity index (χ3v) is 2.17. The molecular formula is C9H17O. The zero-order chi connectivity index (χ0) is 7.40. The van der Waals surface area contributed by atoms with Gasteiger partial charge in [-0.15, -0.1) is 0 Å². The minimum absolute atomic E-state index is 0.556. The van der Waals surface area contributed by atoms with Crippen LogP contribution in [0.5, 0.6) is 0 Å². The van der Waals surface area contributed by atoms with E-state index >= 15 is 0 Å². The van der Waals surface area contributed by atoms with E-state index < -0.39 is 0 Å². The Morgan fingerprint density at radius 1 is 1.40 bits per heavy atom. The van der Waals surface area contributed by atoms with Crippen molar-refractivity contribution in [3.8, 4) is 0 Å². The Balaban J connectivity index is 2.11. The first-order valence-corrected chi connectivity index (χ1v) is 4.32. The van der Waals surface area contributed by atoms with Crippen LogP contribution in [-0.2, 0) is 4.74 Å². The van der Waals surface area contributed by atoms with Crippen LogP contribution in [-0.4, -0.2) is 6.10 Å². The lowest BCUT2D eigenvalue weighted by Gasteiger charge is -2.15. The molecule has 0 aromatic heterocycles. The summed E-state index contributed by atoms with van der Waals surface area (Å²) in [4.78, 5) is 0. The van der Waals surface area contributed by atoms with Gasteiger partial charge in [-0.05, 0) is 26.2 Å². The van der Waals surface area contributed by atoms with Crippen LogP contribution in [0.3, 0.4) is 0 Å². The second kappa shape index (κ2) is 3.97. The van der Waals surface area contributed by atoms with E-state index in [1.54, 1.807) is 0 Å². The summed E-state index contributed by atoms with van der Waals surface area (Å²) in [6, 6.07) is 0. The van der Waals surface area contributed by atoms with Crippen molar-refractivity contribution in [1.29, 1.82) is 0 Å². The molecular weight excluding hydrogens is 124 g/mol. The highest BCUT2D eigenvalue weighted by Gasteiger charge is 2.17. The molecule has 0 aliphatic heterocycles. The number of ether oxygens (including phenoxy) is 1. The van der Waals surface area contributed by atoms with Crippen molar-refractivity contribution in [3.63, 3.8) is 0 Å². The van der Waals surface area contributed by atoms with E-state index in [0.717, 1.165) is 6.42 Å². The highest BCUT2D eigenvalue weighted by Crippen LogP contribution is 2.24. The maximum absolute atomic E-state index is 5.68. The quantitative estimate of drug-likeness (QED) is 0.587. The lowest BCUT2D eigenvalue weighted by molar-refractivity contribution is 0.0682. The van der Waals surface area contributed by atoms with Crippen molar-refractivity contribution in [3.05, 3.63) is 6.10 Å². The van der Waals surface area contributed by atoms with Crippen molar-refractivity contribution < 1.29 is 4.74 Å². The third kappa shape index (κ3) is 2.30. The molecule has 1 fully saturated rings. The van der Waals surface area contributed by atoms with E-state index in [0.29, 0.717) is 6.10 Å². The van der Waals surface area contributed by atoms with E-state index in [-0.39, 0.29) is 0 Å². The lowest BCUT2D eigenvalue weighted by atomic mass is 10.2. The van der Waals surface area contributed by atoms with Gasteiger partial charge in [0.25, 0.3) is 0 Å². The first-order chi connectivity index (χ1) is 4.83. The fraction of sp³-hybridized carbons (Fsp3) is 0.889. The first-order valence-electron chi connectivity index (χ1n) is 4.32. The molecule has 1 radical (unpaired) electrons. The summed E-state index contributed by atoms with van der Waals surface area (Å²) in [5.41, 5.74) is 0. The van der Waals surface area contributed by atoms with Gasteiger partial charge in [0.05, 0.1) is 12.2 Å². The standard InChI is InChI=1S/C9H17O/c1-3-8(2)10-9-6-4-5-7-9/h9H,3-7H2,1-2H3. The predicted octanol–water partition coefficient (Wildman–Crippen LogP) is 2.91. The summed E-state index contributed by atoms with van der Waals surface area (Å²) in [5, 5.41) is 0. The Labute approximate surface area is 63.8 Å². The van der Waals surface area contributed by atoms with Crippen LogP contribution in [0, 0.1) is 6.10 Å². The molecule has 0 aromatic carbocycles. The fourth-order valence-electron chi connectivity index (χ4n) is 1.37. The second-order valence-corrected chi connectivity index (χ2v) is 3.08. The van der Waals surface area contributed by atoms with Crippen LogP contribution >= 0.6 is 0 Å². The van der Waals surface area contributed by atoms with Gasteiger partial charge in [0, 0.05) is 0 Å². The van der Waals surface area contributed by atoms with Gasteiger partial charge >= 0.3 is 0 Å². The fourth-order valence-corrected chi connectivity index (χ4v) is 1.37. The molecule has 0 spiro atoms. The van der Waals surface area contributed by atoms with E-state index in [1.165, 1.54) is 31.8 Å². The van der Waals surface area contributed by atoms with Crippen molar-refractivity contribution in [1.82, 2.24) is 0 Å². The largest absolute Gasteiger partial charge is 0.369 e. The first kappa shape index (κ1) is 8.06. The Hall–Kier alpha value is -0.0400. The SMILES string of the molecule is CC[C](C)OC1CCCC1. The number of hydrogen-bond donors (Lipinski definition) is 0. The summed E-state index contributed by atoms with van der Waals surface area (Å²) >= 11 is 0. The Morgan fingerprint density at radius 3 is 2.50 bits per heavy atom. The molecule has 0 heterocycles. The molecule has 0 bridgehead atoms. The average molecular weight is 141 g/mol. The molecule has 1 aliphatic rings. The summed E-state index contributed by atoms with van der Waals surface area (Å²) in [7, 11) is 0.